The van der Waals surface area contributed by atoms with Crippen LogP contribution < -0.4 is 15.8 Å². The van der Waals surface area contributed by atoms with Gasteiger partial charge >= 0.3 is 6.18 Å². The highest BCUT2D eigenvalue weighted by Crippen LogP contribution is 2.28. The van der Waals surface area contributed by atoms with Gasteiger partial charge in [-0.15, -0.1) is 11.6 Å². The fourth-order valence-electron chi connectivity index (χ4n) is 3.32. The Hall–Kier alpha value is -2.22. The van der Waals surface area contributed by atoms with Crippen molar-refractivity contribution in [3.8, 4) is 0 Å². The van der Waals surface area contributed by atoms with E-state index in [4.69, 9.17) is 21.1 Å². The highest BCUT2D eigenvalue weighted by molar-refractivity contribution is 6.31. The number of hydrogen-bond donors (Lipinski definition) is 2. The van der Waals surface area contributed by atoms with Crippen molar-refractivity contribution in [2.45, 2.75) is 37.1 Å². The molecular formula is C19H26ClF3N6O4. The van der Waals surface area contributed by atoms with Crippen molar-refractivity contribution in [1.29, 1.82) is 0 Å². The number of aromatic nitrogens is 2. The van der Waals surface area contributed by atoms with Gasteiger partial charge in [-0.2, -0.15) is 13.2 Å². The number of ether oxygens (including phenoxy) is 2. The number of piperazine rings is 1. The maximum atomic E-state index is 12.6. The Morgan fingerprint density at radius 2 is 1.94 bits per heavy atom. The lowest BCUT2D eigenvalue weighted by Gasteiger charge is -2.34. The van der Waals surface area contributed by atoms with Crippen LogP contribution in [0.2, 0.25) is 0 Å². The van der Waals surface area contributed by atoms with Gasteiger partial charge in [-0.25, -0.2) is 15.4 Å². The minimum absolute atomic E-state index is 0.0786. The molecule has 2 unspecified atom stereocenters. The fraction of sp³-hybridized carbons (Fsp3) is 0.684. The van der Waals surface area contributed by atoms with Crippen LogP contribution in [0.3, 0.4) is 0 Å². The number of carbonyl (C=O) groups is 2. The molecule has 0 bridgehead atoms. The molecule has 14 heteroatoms. The van der Waals surface area contributed by atoms with Gasteiger partial charge in [0, 0.05) is 45.1 Å². The Bertz CT molecular complexity index is 808. The van der Waals surface area contributed by atoms with Crippen molar-refractivity contribution in [3.05, 3.63) is 18.0 Å². The second-order valence-electron chi connectivity index (χ2n) is 7.71. The second-order valence-corrected chi connectivity index (χ2v) is 8.18. The van der Waals surface area contributed by atoms with Crippen molar-refractivity contribution < 1.29 is 32.2 Å². The van der Waals surface area contributed by atoms with Crippen LogP contribution in [0.4, 0.5) is 19.1 Å². The number of carbonyl (C=O) groups excluding carboxylic acids is 2. The van der Waals surface area contributed by atoms with Crippen LogP contribution in [0, 0.1) is 0 Å². The molecule has 0 spiro atoms. The van der Waals surface area contributed by atoms with Crippen molar-refractivity contribution in [1.82, 2.24) is 25.7 Å². The number of hydrogen-bond acceptors (Lipinski definition) is 8. The summed E-state index contributed by atoms with van der Waals surface area (Å²) < 4.78 is 49.2. The summed E-state index contributed by atoms with van der Waals surface area (Å²) in [7, 11) is 0. The molecule has 3 heterocycles. The highest BCUT2D eigenvalue weighted by Gasteiger charge is 2.32. The molecule has 1 aromatic rings. The van der Waals surface area contributed by atoms with E-state index in [0.717, 1.165) is 12.4 Å². The first-order valence-corrected chi connectivity index (χ1v) is 10.9. The summed E-state index contributed by atoms with van der Waals surface area (Å²) in [6, 6.07) is 0. The number of alkyl halides is 4. The summed E-state index contributed by atoms with van der Waals surface area (Å²) in [5, 5.41) is -0.785. The zero-order valence-electron chi connectivity index (χ0n) is 18.0. The second kappa shape index (κ2) is 11.3. The van der Waals surface area contributed by atoms with Crippen LogP contribution in [0.5, 0.6) is 0 Å². The van der Waals surface area contributed by atoms with E-state index in [0.29, 0.717) is 32.7 Å². The van der Waals surface area contributed by atoms with Gasteiger partial charge in [0.05, 0.1) is 37.4 Å². The molecular weight excluding hydrogens is 469 g/mol. The third-order valence-electron chi connectivity index (χ3n) is 5.24. The highest BCUT2D eigenvalue weighted by atomic mass is 35.5. The molecule has 2 fully saturated rings. The van der Waals surface area contributed by atoms with Crippen LogP contribution >= 0.6 is 11.6 Å². The van der Waals surface area contributed by atoms with E-state index in [9.17, 15) is 22.8 Å². The molecule has 2 aliphatic heterocycles. The third-order valence-corrected chi connectivity index (χ3v) is 5.72. The van der Waals surface area contributed by atoms with E-state index in [1.807, 2.05) is 0 Å². The van der Waals surface area contributed by atoms with Crippen molar-refractivity contribution in [3.63, 3.8) is 0 Å². The Morgan fingerprint density at radius 1 is 1.27 bits per heavy atom. The number of halogens is 4. The normalized spacial score (nSPS) is 22.8. The summed E-state index contributed by atoms with van der Waals surface area (Å²) >= 11 is 6.00. The molecule has 0 saturated carbocycles. The van der Waals surface area contributed by atoms with Crippen LogP contribution in [0.1, 0.15) is 18.9 Å². The van der Waals surface area contributed by atoms with Gasteiger partial charge in [0.25, 0.3) is 5.91 Å². The van der Waals surface area contributed by atoms with E-state index in [-0.39, 0.29) is 43.5 Å². The van der Waals surface area contributed by atoms with Gasteiger partial charge in [-0.05, 0) is 6.92 Å². The molecule has 2 amide bonds. The zero-order valence-corrected chi connectivity index (χ0v) is 18.7. The van der Waals surface area contributed by atoms with Crippen molar-refractivity contribution in [2.75, 3.05) is 50.8 Å². The molecule has 2 saturated heterocycles. The Kier molecular flexibility index (Phi) is 8.68. The molecule has 33 heavy (non-hydrogen) atoms. The van der Waals surface area contributed by atoms with Gasteiger partial charge in [-0.3, -0.25) is 15.0 Å². The number of anilines is 1. The first-order chi connectivity index (χ1) is 15.6. The van der Waals surface area contributed by atoms with E-state index < -0.39 is 23.2 Å². The lowest BCUT2D eigenvalue weighted by molar-refractivity contribution is -0.138. The smallest absolute Gasteiger partial charge is 0.376 e. The first-order valence-electron chi connectivity index (χ1n) is 10.5. The van der Waals surface area contributed by atoms with Gasteiger partial charge in [0.2, 0.25) is 11.9 Å². The number of amides is 2. The lowest BCUT2D eigenvalue weighted by Crippen LogP contribution is -2.57. The average molecular weight is 495 g/mol. The number of hydrazine groups is 1. The number of nitrogens with one attached hydrogen (secondary N) is 2. The molecule has 0 aromatic carbocycles. The molecule has 0 aliphatic carbocycles. The molecule has 184 valence electrons. The van der Waals surface area contributed by atoms with E-state index in [1.54, 1.807) is 16.7 Å². The molecule has 10 nitrogen and oxygen atoms in total. The Labute approximate surface area is 193 Å². The van der Waals surface area contributed by atoms with Crippen molar-refractivity contribution in [2.24, 2.45) is 0 Å². The maximum absolute atomic E-state index is 12.6. The molecule has 3 rings (SSSR count). The average Bonchev–Trinajstić information content (AvgIpc) is 2.79. The van der Waals surface area contributed by atoms with Gasteiger partial charge in [0.1, 0.15) is 5.38 Å². The standard InChI is InChI=1S/C19H26ClF3N6O4/c1-12(11-33-14-10-26-27-17(31)16(14)20)32-7-2-15(30)28-3-5-29(6-4-28)18-24-8-13(9-25-18)19(21,22)23/h8-9,12,14,16,26H,2-7,10-11H2,1H3,(H,27,31)/t12-,14?,16?/m1/s1. The fourth-order valence-corrected chi connectivity index (χ4v) is 3.54. The SMILES string of the molecule is C[C@H](COC1CNNC(=O)C1Cl)OCCC(=O)N1CCN(c2ncc(C(F)(F)F)cn2)CC1. The molecule has 2 aliphatic rings. The quantitative estimate of drug-likeness (QED) is 0.505. The molecule has 2 N–H and O–H groups in total. The zero-order chi connectivity index (χ0) is 24.0. The summed E-state index contributed by atoms with van der Waals surface area (Å²) in [5.74, 6) is -0.223. The monoisotopic (exact) mass is 494 g/mol. The van der Waals surface area contributed by atoms with E-state index in [1.165, 1.54) is 0 Å². The summed E-state index contributed by atoms with van der Waals surface area (Å²) in [6.07, 6.45) is -3.54. The predicted molar refractivity (Wildman–Crippen MR) is 111 cm³/mol. The van der Waals surface area contributed by atoms with Gasteiger partial charge in [0.15, 0.2) is 0 Å². The van der Waals surface area contributed by atoms with Crippen molar-refractivity contribution >= 4 is 29.4 Å². The number of rotatable bonds is 8. The lowest BCUT2D eigenvalue weighted by atomic mass is 10.2. The topological polar surface area (TPSA) is 109 Å². The summed E-state index contributed by atoms with van der Waals surface area (Å²) in [6.45, 7) is 4.28. The van der Waals surface area contributed by atoms with Crippen LogP contribution in [-0.4, -0.2) is 90.2 Å². The third kappa shape index (κ3) is 7.13. The molecule has 0 radical (unpaired) electrons. The minimum atomic E-state index is -4.48. The Balaban J connectivity index is 1.33. The minimum Gasteiger partial charge on any atom is -0.376 e. The maximum Gasteiger partial charge on any atom is 0.419 e. The predicted octanol–water partition coefficient (Wildman–Crippen LogP) is 0.566. The summed E-state index contributed by atoms with van der Waals surface area (Å²) in [4.78, 5) is 34.9. The van der Waals surface area contributed by atoms with Crippen LogP contribution in [0.15, 0.2) is 12.4 Å². The Morgan fingerprint density at radius 3 is 2.58 bits per heavy atom. The summed E-state index contributed by atoms with van der Waals surface area (Å²) in [5.41, 5.74) is 4.22. The molecule has 1 aromatic heterocycles. The van der Waals surface area contributed by atoms with E-state index in [2.05, 4.69) is 20.8 Å². The van der Waals surface area contributed by atoms with Gasteiger partial charge < -0.3 is 19.3 Å². The van der Waals surface area contributed by atoms with Gasteiger partial charge in [-0.1, -0.05) is 0 Å². The first kappa shape index (κ1) is 25.4. The van der Waals surface area contributed by atoms with Crippen LogP contribution in [-0.2, 0) is 25.2 Å². The van der Waals surface area contributed by atoms with Crippen LogP contribution in [0.25, 0.3) is 0 Å². The number of nitrogens with zero attached hydrogens (tertiary/aromatic N) is 4. The largest absolute Gasteiger partial charge is 0.419 e. The molecule has 3 atom stereocenters. The van der Waals surface area contributed by atoms with E-state index >= 15 is 0 Å².